The van der Waals surface area contributed by atoms with Crippen molar-refractivity contribution < 1.29 is 70.8 Å². The largest absolute Gasteiger partial charge is 0.508 e. The highest BCUT2D eigenvalue weighted by Crippen LogP contribution is 2.26. The molecular formula is C43H60N6O15S. The number of esters is 1. The van der Waals surface area contributed by atoms with Crippen LogP contribution in [0.4, 0.5) is 0 Å². The van der Waals surface area contributed by atoms with Crippen LogP contribution in [0.3, 0.4) is 0 Å². The van der Waals surface area contributed by atoms with E-state index in [0.29, 0.717) is 11.1 Å². The van der Waals surface area contributed by atoms with Crippen LogP contribution in [0.2, 0.25) is 0 Å². The Morgan fingerprint density at radius 1 is 0.877 bits per heavy atom. The molecule has 2 aromatic rings. The Hall–Kier alpha value is -5.68. The molecule has 8 N–H and O–H groups in total. The molecule has 0 saturated carbocycles. The van der Waals surface area contributed by atoms with Crippen LogP contribution in [0.15, 0.2) is 54.6 Å². The van der Waals surface area contributed by atoms with E-state index in [0.717, 1.165) is 9.80 Å². The second kappa shape index (κ2) is 23.0. The molecule has 2 heterocycles. The van der Waals surface area contributed by atoms with Crippen molar-refractivity contribution in [3.05, 3.63) is 65.7 Å². The second-order valence-electron chi connectivity index (χ2n) is 16.8. The third-order valence-corrected chi connectivity index (χ3v) is 11.8. The quantitative estimate of drug-likeness (QED) is 0.0925. The zero-order chi connectivity index (χ0) is 48.3. The highest BCUT2D eigenvalue weighted by Gasteiger charge is 2.46. The summed E-state index contributed by atoms with van der Waals surface area (Å²) in [7, 11) is -3.77. The fourth-order valence-corrected chi connectivity index (χ4v) is 7.84. The highest BCUT2D eigenvalue weighted by molar-refractivity contribution is 7.80. The highest BCUT2D eigenvalue weighted by atomic mass is 32.3. The van der Waals surface area contributed by atoms with Crippen LogP contribution in [0, 0.1) is 11.8 Å². The summed E-state index contributed by atoms with van der Waals surface area (Å²) in [5.74, 6) is -7.94. The van der Waals surface area contributed by atoms with Crippen molar-refractivity contribution in [3.8, 4) is 5.75 Å². The van der Waals surface area contributed by atoms with Crippen molar-refractivity contribution in [2.45, 2.75) is 128 Å². The van der Waals surface area contributed by atoms with Gasteiger partial charge in [0.25, 0.3) is 5.91 Å². The van der Waals surface area contributed by atoms with Gasteiger partial charge in [-0.05, 0) is 61.3 Å². The van der Waals surface area contributed by atoms with Crippen LogP contribution in [0.25, 0.3) is 0 Å². The van der Waals surface area contributed by atoms with E-state index < -0.39 is 119 Å². The maximum absolute atomic E-state index is 15.0. The first-order valence-electron chi connectivity index (χ1n) is 21.3. The van der Waals surface area contributed by atoms with Crippen molar-refractivity contribution in [2.75, 3.05) is 13.7 Å². The van der Waals surface area contributed by atoms with Crippen LogP contribution in [-0.4, -0.2) is 148 Å². The van der Waals surface area contributed by atoms with Crippen molar-refractivity contribution in [1.29, 1.82) is 0 Å². The Morgan fingerprint density at radius 2 is 1.49 bits per heavy atom. The Morgan fingerprint density at radius 3 is 2.09 bits per heavy atom. The number of aromatic hydroxyl groups is 1. The smallest absolute Gasteiger partial charge is 0.397 e. The number of aliphatic hydroxyl groups is 2. The molecule has 21 nitrogen and oxygen atoms in total. The molecule has 0 spiro atoms. The number of hydrogen-bond donors (Lipinski definition) is 8. The van der Waals surface area contributed by atoms with E-state index in [9.17, 15) is 57.3 Å². The van der Waals surface area contributed by atoms with Gasteiger partial charge in [0.1, 0.15) is 60.9 Å². The summed E-state index contributed by atoms with van der Waals surface area (Å²) in [6, 6.07) is 5.52. The molecule has 2 aliphatic heterocycles. The third kappa shape index (κ3) is 14.4. The number of likely N-dealkylation sites (N-methyl/N-ethyl adjacent to an activating group) is 1. The van der Waals surface area contributed by atoms with Crippen LogP contribution < -0.4 is 21.3 Å². The summed E-state index contributed by atoms with van der Waals surface area (Å²) >= 11 is 0. The minimum Gasteiger partial charge on any atom is -0.508 e. The summed E-state index contributed by atoms with van der Waals surface area (Å²) in [6.45, 7) is 6.75. The summed E-state index contributed by atoms with van der Waals surface area (Å²) in [5.41, 5.74) is 1.08. The molecule has 4 rings (SSSR count). The van der Waals surface area contributed by atoms with E-state index in [1.54, 1.807) is 58.0 Å². The number of nitrogens with zero attached hydrogens (tertiary/aromatic N) is 2. The number of fused-ring (bicyclic) bond motifs is 2. The molecular weight excluding hydrogens is 873 g/mol. The predicted octanol–water partition coefficient (Wildman–Crippen LogP) is -0.529. The van der Waals surface area contributed by atoms with Gasteiger partial charge in [-0.15, -0.1) is 0 Å². The number of aliphatic hydroxyl groups excluding tert-OH is 2. The first kappa shape index (κ1) is 51.9. The van der Waals surface area contributed by atoms with E-state index >= 15 is 0 Å². The Balaban J connectivity index is 1.88. The molecule has 2 aromatic carbocycles. The van der Waals surface area contributed by atoms with Gasteiger partial charge >= 0.3 is 16.4 Å². The van der Waals surface area contributed by atoms with E-state index in [1.165, 1.54) is 38.2 Å². The third-order valence-electron chi connectivity index (χ3n) is 11.4. The van der Waals surface area contributed by atoms with E-state index in [4.69, 9.17) is 9.29 Å². The number of amides is 6. The summed E-state index contributed by atoms with van der Waals surface area (Å²) in [6.07, 6.45) is -5.65. The van der Waals surface area contributed by atoms with Crippen LogP contribution in [0.5, 0.6) is 5.75 Å². The van der Waals surface area contributed by atoms with E-state index in [2.05, 4.69) is 25.5 Å². The number of benzene rings is 2. The molecule has 2 bridgehead atoms. The fraction of sp³-hybridized carbons (Fsp3) is 0.558. The lowest BCUT2D eigenvalue weighted by Crippen LogP contribution is -2.65. The molecule has 358 valence electrons. The average molecular weight is 933 g/mol. The number of piperidine rings is 1. The molecule has 2 saturated heterocycles. The summed E-state index contributed by atoms with van der Waals surface area (Å²) < 4.78 is 41.1. The van der Waals surface area contributed by atoms with Gasteiger partial charge in [-0.25, -0.2) is 8.98 Å². The predicted molar refractivity (Wildman–Crippen MR) is 230 cm³/mol. The van der Waals surface area contributed by atoms with Gasteiger partial charge in [-0.3, -0.25) is 33.3 Å². The lowest BCUT2D eigenvalue weighted by Gasteiger charge is -2.43. The van der Waals surface area contributed by atoms with Gasteiger partial charge in [-0.2, -0.15) is 8.42 Å². The lowest BCUT2D eigenvalue weighted by atomic mass is 9.94. The number of phenols is 1. The van der Waals surface area contributed by atoms with Crippen LogP contribution >= 0.6 is 0 Å². The van der Waals surface area contributed by atoms with Gasteiger partial charge in [0.2, 0.25) is 29.5 Å². The van der Waals surface area contributed by atoms with Crippen LogP contribution in [-0.2, 0) is 65.7 Å². The summed E-state index contributed by atoms with van der Waals surface area (Å²) in [5, 5.41) is 41.9. The number of ether oxygens (including phenoxy) is 1. The Labute approximate surface area is 377 Å². The van der Waals surface area contributed by atoms with Crippen molar-refractivity contribution in [2.24, 2.45) is 11.8 Å². The molecule has 2 aliphatic rings. The maximum Gasteiger partial charge on any atom is 0.397 e. The fourth-order valence-electron chi connectivity index (χ4n) is 7.54. The lowest BCUT2D eigenvalue weighted by molar-refractivity contribution is -0.165. The number of hydrogen-bond acceptors (Lipinski definition) is 14. The van der Waals surface area contributed by atoms with Gasteiger partial charge in [-0.1, -0.05) is 76.6 Å². The van der Waals surface area contributed by atoms with Crippen molar-refractivity contribution in [1.82, 2.24) is 31.1 Å². The molecule has 0 aromatic heterocycles. The normalized spacial score (nSPS) is 26.4. The van der Waals surface area contributed by atoms with Crippen molar-refractivity contribution in [3.63, 3.8) is 0 Å². The van der Waals surface area contributed by atoms with Gasteiger partial charge < -0.3 is 51.1 Å². The first-order valence-corrected chi connectivity index (χ1v) is 22.7. The number of carbonyl (C=O) groups is 7. The number of rotatable bonds is 13. The minimum absolute atomic E-state index is 0.0328. The van der Waals surface area contributed by atoms with E-state index in [-0.39, 0.29) is 50.2 Å². The first-order chi connectivity index (χ1) is 30.5. The number of phenolic OH excluding ortho intramolecular Hbond substituents is 1. The van der Waals surface area contributed by atoms with Crippen molar-refractivity contribution >= 4 is 51.8 Å². The second-order valence-corrected chi connectivity index (χ2v) is 17.9. The SMILES string of the molecule is CC[C@H](C)[C@@H]1NC(=O)[C@H](Cc2ccc(O)cc2)N(C)C(=O)C(Cc2ccccc2)N2C(=O)[C@H](CC[C@H]2O)NC(=O)C(CC(C)C)NC(=O)C(NC(=O)[C@H](O)COS(=O)(=O)O)[C@@H](C)OC1=O. The molecule has 10 atom stereocenters. The molecule has 22 heteroatoms. The zero-order valence-electron chi connectivity index (χ0n) is 37.1. The topological polar surface area (TPSA) is 308 Å². The molecule has 6 amide bonds. The number of cyclic esters (lactones) is 1. The van der Waals surface area contributed by atoms with Gasteiger partial charge in [0.15, 0.2) is 6.10 Å². The van der Waals surface area contributed by atoms with Crippen LogP contribution in [0.1, 0.15) is 71.4 Å². The zero-order valence-corrected chi connectivity index (χ0v) is 37.9. The molecule has 0 aliphatic carbocycles. The van der Waals surface area contributed by atoms with Gasteiger partial charge in [0.05, 0.1) is 0 Å². The van der Waals surface area contributed by atoms with Gasteiger partial charge in [0, 0.05) is 19.9 Å². The standard InChI is InChI=1S/C43H60N6O15S/c1-7-24(4)35-43(59)64-25(5)36(47-39(55)33(51)22-63-65(60,61)62)40(56)45-30(19-23(2)3)37(53)44-29-17-18-34(52)49(41(29)57)32(21-26-11-9-8-10-12-26)42(58)48(6)31(38(54)46-35)20-27-13-15-28(50)16-14-27/h8-16,23-25,29-36,50-52H,7,17-22H2,1-6H3,(H,44,53)(H,45,56)(H,46,54)(H,47,55)(H,60,61,62)/t24-,25+,29-,30?,31-,32?,33+,34+,35-,36?/m0/s1. The maximum atomic E-state index is 15.0. The Kier molecular flexibility index (Phi) is 18.4. The Bertz CT molecular complexity index is 2130. The monoisotopic (exact) mass is 932 g/mol. The minimum atomic E-state index is -5.11. The molecule has 0 radical (unpaired) electrons. The molecule has 2 fully saturated rings. The summed E-state index contributed by atoms with van der Waals surface area (Å²) in [4.78, 5) is 102. The number of carbonyl (C=O) groups excluding carboxylic acids is 7. The molecule has 3 unspecified atom stereocenters. The van der Waals surface area contributed by atoms with E-state index in [1.807, 2.05) is 0 Å². The molecule has 65 heavy (non-hydrogen) atoms. The average Bonchev–Trinajstić information content (AvgIpc) is 3.25. The number of nitrogens with one attached hydrogen (secondary N) is 4.